The van der Waals surface area contributed by atoms with Crippen molar-refractivity contribution >= 4 is 34.1 Å². The highest BCUT2D eigenvalue weighted by atomic mass is 35.5. The predicted molar refractivity (Wildman–Crippen MR) is 150 cm³/mol. The molecule has 2 fully saturated rings. The first-order valence-corrected chi connectivity index (χ1v) is 13.9. The first-order valence-electron chi connectivity index (χ1n) is 13.5. The number of rotatable bonds is 6. The number of likely N-dealkylation sites (tertiary alicyclic amines) is 1. The highest BCUT2D eigenvalue weighted by Crippen LogP contribution is 2.44. The van der Waals surface area contributed by atoms with Crippen molar-refractivity contribution in [1.29, 1.82) is 0 Å². The van der Waals surface area contributed by atoms with Gasteiger partial charge >= 0.3 is 6.01 Å². The Bertz CT molecular complexity index is 1440. The second kappa shape index (κ2) is 11.1. The van der Waals surface area contributed by atoms with Crippen molar-refractivity contribution in [3.8, 4) is 17.6 Å². The van der Waals surface area contributed by atoms with Gasteiger partial charge in [0, 0.05) is 48.2 Å². The Balaban J connectivity index is 1.30. The molecule has 6 rings (SSSR count). The number of nitrogens with zero attached hydrogens (tertiary/aromatic N) is 5. The van der Waals surface area contributed by atoms with E-state index in [1.807, 2.05) is 41.3 Å². The summed E-state index contributed by atoms with van der Waals surface area (Å²) >= 11 is 6.59. The molecule has 0 aliphatic carbocycles. The summed E-state index contributed by atoms with van der Waals surface area (Å²) in [7, 11) is 2.09. The molecule has 210 valence electrons. The monoisotopic (exact) mass is 567 g/mol. The zero-order valence-corrected chi connectivity index (χ0v) is 23.1. The van der Waals surface area contributed by atoms with E-state index in [-0.39, 0.29) is 24.5 Å². The van der Waals surface area contributed by atoms with E-state index >= 15 is 0 Å². The summed E-state index contributed by atoms with van der Waals surface area (Å²) in [6, 6.07) is 12.2. The molecule has 3 aliphatic rings. The van der Waals surface area contributed by atoms with E-state index in [2.05, 4.69) is 23.5 Å². The highest BCUT2D eigenvalue weighted by Gasteiger charge is 2.34. The van der Waals surface area contributed by atoms with E-state index in [9.17, 15) is 9.18 Å². The zero-order chi connectivity index (χ0) is 27.8. The fraction of sp³-hybridized carbons (Fsp3) is 0.414. The third-order valence-electron chi connectivity index (χ3n) is 7.84. The Morgan fingerprint density at radius 1 is 1.15 bits per heavy atom. The van der Waals surface area contributed by atoms with Gasteiger partial charge in [0.1, 0.15) is 13.2 Å². The van der Waals surface area contributed by atoms with Crippen molar-refractivity contribution in [2.24, 2.45) is 0 Å². The molecular formula is C29H31ClFN5O4. The minimum absolute atomic E-state index is 0.199. The van der Waals surface area contributed by atoms with E-state index in [1.165, 1.54) is 4.90 Å². The van der Waals surface area contributed by atoms with Gasteiger partial charge in [-0.15, -0.1) is 0 Å². The lowest BCUT2D eigenvalue weighted by Crippen LogP contribution is -2.49. The quantitative estimate of drug-likeness (QED) is 0.406. The fourth-order valence-electron chi connectivity index (χ4n) is 5.61. The van der Waals surface area contributed by atoms with Gasteiger partial charge in [-0.05, 0) is 37.9 Å². The molecule has 11 heteroatoms. The van der Waals surface area contributed by atoms with Crippen molar-refractivity contribution < 1.29 is 23.4 Å². The van der Waals surface area contributed by atoms with Crippen LogP contribution in [0.1, 0.15) is 24.5 Å². The molecule has 3 aromatic rings. The maximum Gasteiger partial charge on any atom is 0.322 e. The van der Waals surface area contributed by atoms with Gasteiger partial charge in [0.05, 0.1) is 0 Å². The first kappa shape index (κ1) is 26.6. The highest BCUT2D eigenvalue weighted by molar-refractivity contribution is 6.35. The van der Waals surface area contributed by atoms with E-state index in [4.69, 9.17) is 30.8 Å². The van der Waals surface area contributed by atoms with Gasteiger partial charge in [0.25, 0.3) is 11.8 Å². The lowest BCUT2D eigenvalue weighted by atomic mass is 10.0. The molecule has 2 atom stereocenters. The molecule has 3 aliphatic heterocycles. The van der Waals surface area contributed by atoms with Crippen LogP contribution in [0.5, 0.6) is 17.6 Å². The largest absolute Gasteiger partial charge is 0.481 e. The number of carbonyl (C=O) groups excluding carboxylic acids is 1. The van der Waals surface area contributed by atoms with Crippen molar-refractivity contribution in [2.45, 2.75) is 25.0 Å². The van der Waals surface area contributed by atoms with Gasteiger partial charge in [-0.2, -0.15) is 9.97 Å². The lowest BCUT2D eigenvalue weighted by Gasteiger charge is -2.37. The average Bonchev–Trinajstić information content (AvgIpc) is 3.39. The zero-order valence-electron chi connectivity index (χ0n) is 22.3. The number of amides is 1. The van der Waals surface area contributed by atoms with E-state index in [0.29, 0.717) is 49.4 Å². The van der Waals surface area contributed by atoms with E-state index < -0.39 is 17.8 Å². The SMILES string of the molecule is C=C(F)C(=O)N1CCN(c2nc(OC[C@@H]3CCCN3C)nc3c2OCC(c2cccc4cccc(Cl)c24)O3)CC1. The maximum absolute atomic E-state index is 13.4. The third-order valence-corrected chi connectivity index (χ3v) is 8.15. The summed E-state index contributed by atoms with van der Waals surface area (Å²) in [6.07, 6.45) is 1.73. The molecule has 1 aromatic heterocycles. The minimum Gasteiger partial charge on any atom is -0.481 e. The molecule has 1 unspecified atom stereocenters. The van der Waals surface area contributed by atoms with Crippen LogP contribution in [-0.4, -0.2) is 84.7 Å². The fourth-order valence-corrected chi connectivity index (χ4v) is 5.90. The summed E-state index contributed by atoms with van der Waals surface area (Å²) in [5.41, 5.74) is 0.905. The Morgan fingerprint density at radius 3 is 2.65 bits per heavy atom. The number of ether oxygens (including phenoxy) is 3. The molecule has 0 bridgehead atoms. The number of halogens is 2. The smallest absolute Gasteiger partial charge is 0.322 e. The molecule has 0 radical (unpaired) electrons. The summed E-state index contributed by atoms with van der Waals surface area (Å²) in [5.74, 6) is -0.416. The van der Waals surface area contributed by atoms with Gasteiger partial charge in [0.15, 0.2) is 17.7 Å². The Labute approximate surface area is 237 Å². The van der Waals surface area contributed by atoms with Gasteiger partial charge < -0.3 is 28.9 Å². The Hall–Kier alpha value is -3.63. The summed E-state index contributed by atoms with van der Waals surface area (Å²) in [4.78, 5) is 27.1. The van der Waals surface area contributed by atoms with Crippen LogP contribution < -0.4 is 19.1 Å². The molecule has 0 spiro atoms. The molecule has 2 aromatic carbocycles. The molecule has 40 heavy (non-hydrogen) atoms. The van der Waals surface area contributed by atoms with Crippen molar-refractivity contribution in [3.63, 3.8) is 0 Å². The number of fused-ring (bicyclic) bond motifs is 2. The van der Waals surface area contributed by atoms with Crippen LogP contribution in [0, 0.1) is 0 Å². The molecule has 0 N–H and O–H groups in total. The predicted octanol–water partition coefficient (Wildman–Crippen LogP) is 4.40. The van der Waals surface area contributed by atoms with Crippen LogP contribution in [0.15, 0.2) is 48.8 Å². The van der Waals surface area contributed by atoms with Crippen molar-refractivity contribution in [3.05, 3.63) is 59.4 Å². The van der Waals surface area contributed by atoms with Gasteiger partial charge in [-0.3, -0.25) is 4.79 Å². The topological polar surface area (TPSA) is 80.3 Å². The van der Waals surface area contributed by atoms with E-state index in [1.54, 1.807) is 0 Å². The first-order chi connectivity index (χ1) is 19.4. The Morgan fingerprint density at radius 2 is 1.93 bits per heavy atom. The van der Waals surface area contributed by atoms with Crippen LogP contribution in [0.2, 0.25) is 5.02 Å². The van der Waals surface area contributed by atoms with Gasteiger partial charge in [-0.25, -0.2) is 4.39 Å². The average molecular weight is 568 g/mol. The van der Waals surface area contributed by atoms with Crippen molar-refractivity contribution in [1.82, 2.24) is 19.8 Å². The standard InChI is InChI=1S/C29H31ClFN5O4/c1-18(31)28(37)36-14-12-35(13-15-36)26-25-27(33-29(32-26)39-16-20-8-5-11-34(20)2)40-23(17-38-25)21-9-3-6-19-7-4-10-22(30)24(19)21/h3-4,6-7,9-10,20,23H,1,5,8,11-17H2,2H3/t20-,23?/m0/s1. The van der Waals surface area contributed by atoms with Gasteiger partial charge in [-0.1, -0.05) is 48.5 Å². The van der Waals surface area contributed by atoms with Gasteiger partial charge in [0.2, 0.25) is 5.75 Å². The Kier molecular flexibility index (Phi) is 7.37. The van der Waals surface area contributed by atoms with Crippen molar-refractivity contribution in [2.75, 3.05) is 57.9 Å². The van der Waals surface area contributed by atoms with Crippen LogP contribution in [-0.2, 0) is 4.79 Å². The number of hydrogen-bond acceptors (Lipinski definition) is 8. The molecule has 4 heterocycles. The summed E-state index contributed by atoms with van der Waals surface area (Å²) < 4.78 is 32.3. The summed E-state index contributed by atoms with van der Waals surface area (Å²) in [6.45, 7) is 6.36. The van der Waals surface area contributed by atoms with Crippen LogP contribution >= 0.6 is 11.6 Å². The number of piperazine rings is 1. The van der Waals surface area contributed by atoms with Crippen LogP contribution in [0.25, 0.3) is 10.8 Å². The second-order valence-electron chi connectivity index (χ2n) is 10.3. The molecule has 1 amide bonds. The normalized spacial score (nSPS) is 21.1. The minimum atomic E-state index is -0.961. The lowest BCUT2D eigenvalue weighted by molar-refractivity contribution is -0.128. The van der Waals surface area contributed by atoms with E-state index in [0.717, 1.165) is 35.7 Å². The number of benzene rings is 2. The molecule has 2 saturated heterocycles. The molecular weight excluding hydrogens is 537 g/mol. The summed E-state index contributed by atoms with van der Waals surface area (Å²) in [5, 5.41) is 2.56. The number of hydrogen-bond donors (Lipinski definition) is 0. The third kappa shape index (κ3) is 5.13. The number of anilines is 1. The molecule has 0 saturated carbocycles. The number of aromatic nitrogens is 2. The second-order valence-corrected chi connectivity index (χ2v) is 10.7. The molecule has 9 nitrogen and oxygen atoms in total. The van der Waals surface area contributed by atoms with Crippen LogP contribution in [0.4, 0.5) is 10.2 Å². The number of likely N-dealkylation sites (N-methyl/N-ethyl adjacent to an activating group) is 1. The van der Waals surface area contributed by atoms with Crippen LogP contribution in [0.3, 0.4) is 0 Å². The maximum atomic E-state index is 13.4. The number of carbonyl (C=O) groups is 1.